The number of unbranched alkanes of at least 4 members (excludes halogenated alkanes) is 9. The molecule has 1 aliphatic heterocycles. The molecule has 1 N–H and O–H groups in total. The number of epoxide rings is 1. The summed E-state index contributed by atoms with van der Waals surface area (Å²) in [5, 5.41) is 8.56. The highest BCUT2D eigenvalue weighted by Crippen LogP contribution is 2.31. The minimum absolute atomic E-state index is 0.301. The number of rotatable bonds is 15. The molecule has 0 amide bonds. The fraction of sp³-hybridized carbons (Fsp3) is 0.944. The Morgan fingerprint density at radius 3 is 1.81 bits per heavy atom. The summed E-state index contributed by atoms with van der Waals surface area (Å²) in [7, 11) is 0. The highest BCUT2D eigenvalue weighted by atomic mass is 16.6. The van der Waals surface area contributed by atoms with Gasteiger partial charge in [0.2, 0.25) is 0 Å². The van der Waals surface area contributed by atoms with Gasteiger partial charge in [-0.1, -0.05) is 71.1 Å². The van der Waals surface area contributed by atoms with Crippen molar-refractivity contribution in [1.29, 1.82) is 0 Å². The van der Waals surface area contributed by atoms with Crippen molar-refractivity contribution in [2.75, 3.05) is 0 Å². The molecular weight excluding hydrogens is 264 g/mol. The minimum Gasteiger partial charge on any atom is -0.481 e. The van der Waals surface area contributed by atoms with Crippen LogP contribution in [0, 0.1) is 0 Å². The van der Waals surface area contributed by atoms with E-state index in [4.69, 9.17) is 9.84 Å². The third-order valence-corrected chi connectivity index (χ3v) is 4.41. The molecule has 0 bridgehead atoms. The zero-order valence-electron chi connectivity index (χ0n) is 13.8. The molecule has 0 aromatic carbocycles. The van der Waals surface area contributed by atoms with Crippen molar-refractivity contribution in [2.45, 2.75) is 109 Å². The number of hydrogen-bond acceptors (Lipinski definition) is 2. The van der Waals surface area contributed by atoms with Crippen molar-refractivity contribution in [2.24, 2.45) is 0 Å². The molecule has 21 heavy (non-hydrogen) atoms. The fourth-order valence-corrected chi connectivity index (χ4v) is 2.96. The summed E-state index contributed by atoms with van der Waals surface area (Å²) >= 11 is 0. The Kier molecular flexibility index (Phi) is 10.6. The van der Waals surface area contributed by atoms with Crippen LogP contribution < -0.4 is 0 Å². The van der Waals surface area contributed by atoms with E-state index in [9.17, 15) is 4.79 Å². The average molecular weight is 298 g/mol. The van der Waals surface area contributed by atoms with Gasteiger partial charge < -0.3 is 9.84 Å². The normalized spacial score (nSPS) is 20.6. The van der Waals surface area contributed by atoms with Gasteiger partial charge in [-0.25, -0.2) is 0 Å². The lowest BCUT2D eigenvalue weighted by Gasteiger charge is -2.01. The monoisotopic (exact) mass is 298 g/mol. The predicted octanol–water partition coefficient (Wildman–Crippen LogP) is 5.32. The predicted molar refractivity (Wildman–Crippen MR) is 86.6 cm³/mol. The first-order chi connectivity index (χ1) is 10.2. The standard InChI is InChI=1S/C18H34O3/c1-2-3-4-5-6-7-8-9-10-13-16-17(21-16)14-11-12-15-18(19)20/h16-17H,2-15H2,1H3,(H,19,20)/t16-,17-/m0/s1. The third-order valence-electron chi connectivity index (χ3n) is 4.41. The summed E-state index contributed by atoms with van der Waals surface area (Å²) in [6.45, 7) is 2.26. The quantitative estimate of drug-likeness (QED) is 0.329. The van der Waals surface area contributed by atoms with E-state index in [0.717, 1.165) is 19.3 Å². The van der Waals surface area contributed by atoms with Crippen LogP contribution in [-0.4, -0.2) is 23.3 Å². The summed E-state index contributed by atoms with van der Waals surface area (Å²) in [6.07, 6.45) is 17.6. The van der Waals surface area contributed by atoms with Gasteiger partial charge >= 0.3 is 5.97 Å². The number of carbonyl (C=O) groups is 1. The van der Waals surface area contributed by atoms with Gasteiger partial charge in [-0.3, -0.25) is 4.79 Å². The second kappa shape index (κ2) is 12.0. The number of carboxylic acids is 1. The van der Waals surface area contributed by atoms with Gasteiger partial charge in [0.05, 0.1) is 12.2 Å². The van der Waals surface area contributed by atoms with E-state index >= 15 is 0 Å². The molecule has 1 rings (SSSR count). The van der Waals surface area contributed by atoms with Gasteiger partial charge in [0, 0.05) is 6.42 Å². The van der Waals surface area contributed by atoms with Crippen molar-refractivity contribution in [3.05, 3.63) is 0 Å². The lowest BCUT2D eigenvalue weighted by molar-refractivity contribution is -0.137. The Balaban J connectivity index is 1.76. The Morgan fingerprint density at radius 2 is 1.29 bits per heavy atom. The fourth-order valence-electron chi connectivity index (χ4n) is 2.96. The van der Waals surface area contributed by atoms with E-state index in [2.05, 4.69) is 6.92 Å². The average Bonchev–Trinajstić information content (AvgIpc) is 3.20. The summed E-state index contributed by atoms with van der Waals surface area (Å²) in [4.78, 5) is 10.4. The van der Waals surface area contributed by atoms with E-state index in [-0.39, 0.29) is 0 Å². The van der Waals surface area contributed by atoms with Gasteiger partial charge in [-0.05, 0) is 19.3 Å². The number of carboxylic acid groups (broad SMARTS) is 1. The first-order valence-electron chi connectivity index (χ1n) is 9.11. The van der Waals surface area contributed by atoms with Crippen molar-refractivity contribution in [3.63, 3.8) is 0 Å². The maximum atomic E-state index is 10.4. The minimum atomic E-state index is -0.682. The van der Waals surface area contributed by atoms with Crippen molar-refractivity contribution >= 4 is 5.97 Å². The first kappa shape index (κ1) is 18.5. The SMILES string of the molecule is CCCCCCCCCCC[C@@H]1O[C@H]1CCCCC(=O)O. The molecule has 0 radical (unpaired) electrons. The maximum absolute atomic E-state index is 10.4. The molecule has 0 aromatic rings. The van der Waals surface area contributed by atoms with E-state index in [1.54, 1.807) is 0 Å². The van der Waals surface area contributed by atoms with Crippen LogP contribution in [0.5, 0.6) is 0 Å². The van der Waals surface area contributed by atoms with Gasteiger partial charge in [0.25, 0.3) is 0 Å². The summed E-state index contributed by atoms with van der Waals surface area (Å²) < 4.78 is 5.65. The van der Waals surface area contributed by atoms with E-state index in [0.29, 0.717) is 18.6 Å². The molecule has 0 spiro atoms. The topological polar surface area (TPSA) is 49.8 Å². The van der Waals surface area contributed by atoms with Crippen molar-refractivity contribution in [3.8, 4) is 0 Å². The Hall–Kier alpha value is -0.570. The Morgan fingerprint density at radius 1 is 0.810 bits per heavy atom. The first-order valence-corrected chi connectivity index (χ1v) is 9.11. The molecule has 0 saturated carbocycles. The molecule has 0 aromatic heterocycles. The van der Waals surface area contributed by atoms with Crippen LogP contribution in [0.4, 0.5) is 0 Å². The van der Waals surface area contributed by atoms with Crippen molar-refractivity contribution < 1.29 is 14.6 Å². The molecule has 1 saturated heterocycles. The number of aliphatic carboxylic acids is 1. The Labute approximate surface area is 130 Å². The van der Waals surface area contributed by atoms with Crippen LogP contribution >= 0.6 is 0 Å². The molecule has 124 valence electrons. The van der Waals surface area contributed by atoms with E-state index in [1.165, 1.54) is 64.2 Å². The Bertz CT molecular complexity index is 265. The van der Waals surface area contributed by atoms with Crippen LogP contribution in [0.25, 0.3) is 0 Å². The van der Waals surface area contributed by atoms with Gasteiger partial charge in [-0.2, -0.15) is 0 Å². The van der Waals surface area contributed by atoms with Crippen LogP contribution in [0.1, 0.15) is 96.8 Å². The molecule has 1 fully saturated rings. The van der Waals surface area contributed by atoms with E-state index in [1.807, 2.05) is 0 Å². The lowest BCUT2D eigenvalue weighted by Crippen LogP contribution is -1.97. The molecule has 0 unspecified atom stereocenters. The molecule has 0 aliphatic carbocycles. The number of hydrogen-bond donors (Lipinski definition) is 1. The zero-order chi connectivity index (χ0) is 15.3. The van der Waals surface area contributed by atoms with Gasteiger partial charge in [0.15, 0.2) is 0 Å². The largest absolute Gasteiger partial charge is 0.481 e. The van der Waals surface area contributed by atoms with Gasteiger partial charge in [-0.15, -0.1) is 0 Å². The highest BCUT2D eigenvalue weighted by Gasteiger charge is 2.36. The second-order valence-corrected chi connectivity index (χ2v) is 6.47. The van der Waals surface area contributed by atoms with Crippen LogP contribution in [0.2, 0.25) is 0 Å². The van der Waals surface area contributed by atoms with E-state index < -0.39 is 5.97 Å². The number of ether oxygens (including phenoxy) is 1. The van der Waals surface area contributed by atoms with Gasteiger partial charge in [0.1, 0.15) is 0 Å². The zero-order valence-corrected chi connectivity index (χ0v) is 13.8. The van der Waals surface area contributed by atoms with Crippen LogP contribution in [0.15, 0.2) is 0 Å². The van der Waals surface area contributed by atoms with Crippen molar-refractivity contribution in [1.82, 2.24) is 0 Å². The van der Waals surface area contributed by atoms with Crippen LogP contribution in [-0.2, 0) is 9.53 Å². The summed E-state index contributed by atoms with van der Waals surface area (Å²) in [6, 6.07) is 0. The molecule has 1 aliphatic rings. The molecule has 3 nitrogen and oxygen atoms in total. The summed E-state index contributed by atoms with van der Waals surface area (Å²) in [5.74, 6) is -0.682. The highest BCUT2D eigenvalue weighted by molar-refractivity contribution is 5.66. The molecule has 2 atom stereocenters. The smallest absolute Gasteiger partial charge is 0.303 e. The molecule has 1 heterocycles. The third kappa shape index (κ3) is 10.8. The van der Waals surface area contributed by atoms with Crippen LogP contribution in [0.3, 0.4) is 0 Å². The maximum Gasteiger partial charge on any atom is 0.303 e. The lowest BCUT2D eigenvalue weighted by atomic mass is 10.0. The molecule has 3 heteroatoms. The summed E-state index contributed by atoms with van der Waals surface area (Å²) in [5.41, 5.74) is 0. The molecular formula is C18H34O3. The second-order valence-electron chi connectivity index (χ2n) is 6.47.